The van der Waals surface area contributed by atoms with Crippen molar-refractivity contribution in [3.8, 4) is 0 Å². The number of rotatable bonds is 5. The Labute approximate surface area is 189 Å². The van der Waals surface area contributed by atoms with Crippen LogP contribution in [0, 0.1) is 28.8 Å². The number of amides is 4. The van der Waals surface area contributed by atoms with E-state index in [1.165, 1.54) is 42.5 Å². The van der Waals surface area contributed by atoms with Gasteiger partial charge in [-0.2, -0.15) is 0 Å². The van der Waals surface area contributed by atoms with Crippen molar-refractivity contribution in [3.05, 3.63) is 64.0 Å². The van der Waals surface area contributed by atoms with Crippen molar-refractivity contribution >= 4 is 34.9 Å². The minimum absolute atomic E-state index is 0.0937. The van der Waals surface area contributed by atoms with Crippen LogP contribution in [-0.4, -0.2) is 47.3 Å². The zero-order chi connectivity index (χ0) is 24.0. The number of non-ortho nitro benzene ring substituents is 1. The number of hydrogen-bond acceptors (Lipinski definition) is 5. The van der Waals surface area contributed by atoms with E-state index in [1.54, 1.807) is 11.8 Å². The maximum absolute atomic E-state index is 13.0. The summed E-state index contributed by atoms with van der Waals surface area (Å²) in [5.74, 6) is -2.03. The Hall–Kier alpha value is -4.02. The summed E-state index contributed by atoms with van der Waals surface area (Å²) in [5.41, 5.74) is 1.10. The monoisotopic (exact) mass is 457 g/mol. The van der Waals surface area contributed by atoms with Crippen LogP contribution in [-0.2, 0) is 9.59 Å². The minimum atomic E-state index is -0.908. The summed E-state index contributed by atoms with van der Waals surface area (Å²) in [4.78, 5) is 48.6. The number of anilines is 2. The Kier molecular flexibility index (Phi) is 7.54. The van der Waals surface area contributed by atoms with E-state index in [0.29, 0.717) is 37.2 Å². The van der Waals surface area contributed by atoms with Crippen molar-refractivity contribution in [2.45, 2.75) is 19.8 Å². The molecule has 1 saturated heterocycles. The van der Waals surface area contributed by atoms with Crippen LogP contribution in [0.5, 0.6) is 0 Å². The largest absolute Gasteiger partial charge is 0.348 e. The first-order chi connectivity index (χ1) is 15.7. The molecule has 0 aliphatic carbocycles. The lowest BCUT2D eigenvalue weighted by atomic mass is 9.97. The number of carbonyl (C=O) groups is 3. The molecule has 1 aliphatic heterocycles. The standard InChI is InChI=1S/C22H24FN5O5/c1-14-2-7-18(28(32)33)12-19(14)26-21(30)20(29)24-13-15-8-10-27(11-9-15)22(31)25-17-5-3-16(23)4-6-17/h2-7,12,15H,8-11,13H2,1H3,(H,24,29)(H,25,31)(H,26,30). The van der Waals surface area contributed by atoms with Gasteiger partial charge in [-0.25, -0.2) is 9.18 Å². The van der Waals surface area contributed by atoms with Gasteiger partial charge in [0.25, 0.3) is 5.69 Å². The number of halogens is 1. The molecule has 1 fully saturated rings. The molecule has 3 rings (SSSR count). The lowest BCUT2D eigenvalue weighted by Crippen LogP contribution is -2.44. The van der Waals surface area contributed by atoms with Crippen LogP contribution in [0.25, 0.3) is 0 Å². The molecule has 0 bridgehead atoms. The second kappa shape index (κ2) is 10.5. The zero-order valence-corrected chi connectivity index (χ0v) is 18.0. The topological polar surface area (TPSA) is 134 Å². The number of benzene rings is 2. The van der Waals surface area contributed by atoms with E-state index in [0.717, 1.165) is 0 Å². The van der Waals surface area contributed by atoms with E-state index < -0.39 is 16.7 Å². The van der Waals surface area contributed by atoms with Gasteiger partial charge < -0.3 is 20.9 Å². The van der Waals surface area contributed by atoms with Crippen molar-refractivity contribution in [1.29, 1.82) is 0 Å². The predicted molar refractivity (Wildman–Crippen MR) is 119 cm³/mol. The first kappa shape index (κ1) is 23.6. The van der Waals surface area contributed by atoms with Gasteiger partial charge in [-0.05, 0) is 55.5 Å². The Bertz CT molecular complexity index is 1050. The van der Waals surface area contributed by atoms with Crippen LogP contribution >= 0.6 is 0 Å². The van der Waals surface area contributed by atoms with Gasteiger partial charge in [0.1, 0.15) is 5.82 Å². The molecule has 10 nitrogen and oxygen atoms in total. The zero-order valence-electron chi connectivity index (χ0n) is 18.0. The maximum atomic E-state index is 13.0. The number of likely N-dealkylation sites (tertiary alicyclic amines) is 1. The van der Waals surface area contributed by atoms with Crippen LogP contribution in [0.15, 0.2) is 42.5 Å². The second-order valence-electron chi connectivity index (χ2n) is 7.79. The Morgan fingerprint density at radius 2 is 1.73 bits per heavy atom. The number of carbonyl (C=O) groups excluding carboxylic acids is 3. The van der Waals surface area contributed by atoms with Crippen LogP contribution in [0.4, 0.5) is 26.2 Å². The Balaban J connectivity index is 1.43. The first-order valence-electron chi connectivity index (χ1n) is 10.4. The molecular weight excluding hydrogens is 433 g/mol. The molecular formula is C22H24FN5O5. The molecule has 174 valence electrons. The molecule has 2 aromatic carbocycles. The smallest absolute Gasteiger partial charge is 0.321 e. The minimum Gasteiger partial charge on any atom is -0.348 e. The molecule has 0 radical (unpaired) electrons. The third-order valence-electron chi connectivity index (χ3n) is 5.43. The van der Waals surface area contributed by atoms with Gasteiger partial charge in [0.05, 0.1) is 10.6 Å². The van der Waals surface area contributed by atoms with E-state index in [1.807, 2.05) is 0 Å². The molecule has 11 heteroatoms. The van der Waals surface area contributed by atoms with E-state index in [4.69, 9.17) is 0 Å². The van der Waals surface area contributed by atoms with E-state index in [-0.39, 0.29) is 35.7 Å². The summed E-state index contributed by atoms with van der Waals surface area (Å²) in [5, 5.41) is 18.6. The van der Waals surface area contributed by atoms with Crippen LogP contribution in [0.1, 0.15) is 18.4 Å². The lowest BCUT2D eigenvalue weighted by Gasteiger charge is -2.32. The van der Waals surface area contributed by atoms with Gasteiger partial charge >= 0.3 is 17.8 Å². The van der Waals surface area contributed by atoms with Gasteiger partial charge in [0.15, 0.2) is 0 Å². The van der Waals surface area contributed by atoms with E-state index in [2.05, 4.69) is 16.0 Å². The maximum Gasteiger partial charge on any atom is 0.321 e. The summed E-state index contributed by atoms with van der Waals surface area (Å²) in [6.07, 6.45) is 1.28. The highest BCUT2D eigenvalue weighted by Crippen LogP contribution is 2.22. The Morgan fingerprint density at radius 1 is 1.06 bits per heavy atom. The molecule has 0 saturated carbocycles. The van der Waals surface area contributed by atoms with Gasteiger partial charge in [-0.15, -0.1) is 0 Å². The van der Waals surface area contributed by atoms with Gasteiger partial charge in [0, 0.05) is 37.5 Å². The molecule has 2 aromatic rings. The second-order valence-corrected chi connectivity index (χ2v) is 7.79. The summed E-state index contributed by atoms with van der Waals surface area (Å²) in [7, 11) is 0. The number of nitrogens with zero attached hydrogens (tertiary/aromatic N) is 2. The normalized spacial score (nSPS) is 13.8. The summed E-state index contributed by atoms with van der Waals surface area (Å²) in [6, 6.07) is 9.22. The van der Waals surface area contributed by atoms with Crippen molar-refractivity contribution in [3.63, 3.8) is 0 Å². The molecule has 0 aromatic heterocycles. The fourth-order valence-electron chi connectivity index (χ4n) is 3.43. The predicted octanol–water partition coefficient (Wildman–Crippen LogP) is 3.04. The number of piperidine rings is 1. The molecule has 0 atom stereocenters. The number of nitro groups is 1. The number of hydrogen-bond donors (Lipinski definition) is 3. The third kappa shape index (κ3) is 6.48. The Morgan fingerprint density at radius 3 is 2.36 bits per heavy atom. The molecule has 1 aliphatic rings. The summed E-state index contributed by atoms with van der Waals surface area (Å²) in [6.45, 7) is 2.89. The summed E-state index contributed by atoms with van der Waals surface area (Å²) < 4.78 is 13.0. The quantitative estimate of drug-likeness (QED) is 0.360. The molecule has 0 spiro atoms. The fourth-order valence-corrected chi connectivity index (χ4v) is 3.43. The summed E-state index contributed by atoms with van der Waals surface area (Å²) >= 11 is 0. The van der Waals surface area contributed by atoms with Crippen molar-refractivity contribution < 1.29 is 23.7 Å². The number of nitro benzene ring substituents is 1. The lowest BCUT2D eigenvalue weighted by molar-refractivity contribution is -0.384. The molecule has 3 N–H and O–H groups in total. The number of urea groups is 1. The highest BCUT2D eigenvalue weighted by molar-refractivity contribution is 6.39. The van der Waals surface area contributed by atoms with Gasteiger partial charge in [-0.3, -0.25) is 19.7 Å². The van der Waals surface area contributed by atoms with Crippen molar-refractivity contribution in [2.24, 2.45) is 5.92 Å². The van der Waals surface area contributed by atoms with Crippen LogP contribution in [0.3, 0.4) is 0 Å². The number of aryl methyl sites for hydroxylation is 1. The van der Waals surface area contributed by atoms with Crippen molar-refractivity contribution in [2.75, 3.05) is 30.3 Å². The molecule has 33 heavy (non-hydrogen) atoms. The van der Waals surface area contributed by atoms with Gasteiger partial charge in [0.2, 0.25) is 0 Å². The molecule has 0 unspecified atom stereocenters. The highest BCUT2D eigenvalue weighted by atomic mass is 19.1. The van der Waals surface area contributed by atoms with Crippen LogP contribution < -0.4 is 16.0 Å². The third-order valence-corrected chi connectivity index (χ3v) is 5.43. The SMILES string of the molecule is Cc1ccc([N+](=O)[O-])cc1NC(=O)C(=O)NCC1CCN(C(=O)Nc2ccc(F)cc2)CC1. The molecule has 4 amide bonds. The van der Waals surface area contributed by atoms with Crippen LogP contribution in [0.2, 0.25) is 0 Å². The van der Waals surface area contributed by atoms with E-state index in [9.17, 15) is 28.9 Å². The number of nitrogens with one attached hydrogen (secondary N) is 3. The van der Waals surface area contributed by atoms with E-state index >= 15 is 0 Å². The van der Waals surface area contributed by atoms with Crippen molar-refractivity contribution in [1.82, 2.24) is 10.2 Å². The van der Waals surface area contributed by atoms with Gasteiger partial charge in [-0.1, -0.05) is 6.07 Å². The fraction of sp³-hybridized carbons (Fsp3) is 0.318. The first-order valence-corrected chi connectivity index (χ1v) is 10.4. The highest BCUT2D eigenvalue weighted by Gasteiger charge is 2.24. The average molecular weight is 457 g/mol. The average Bonchev–Trinajstić information content (AvgIpc) is 2.80. The molecule has 1 heterocycles.